The zero-order valence-corrected chi connectivity index (χ0v) is 10.2. The SMILES string of the molecule is Cc1cccc(CC(NN)C(C)(C)C)c1. The van der Waals surface area contributed by atoms with Crippen molar-refractivity contribution < 1.29 is 0 Å². The third kappa shape index (κ3) is 3.65. The van der Waals surface area contributed by atoms with Crippen LogP contribution in [0.5, 0.6) is 0 Å². The van der Waals surface area contributed by atoms with Gasteiger partial charge in [0.25, 0.3) is 0 Å². The molecular weight excluding hydrogens is 184 g/mol. The third-order valence-corrected chi connectivity index (χ3v) is 2.77. The molecule has 0 radical (unpaired) electrons. The Balaban J connectivity index is 2.76. The van der Waals surface area contributed by atoms with Gasteiger partial charge in [-0.3, -0.25) is 11.3 Å². The molecule has 0 aromatic heterocycles. The lowest BCUT2D eigenvalue weighted by molar-refractivity contribution is 0.269. The van der Waals surface area contributed by atoms with Crippen molar-refractivity contribution in [2.75, 3.05) is 0 Å². The summed E-state index contributed by atoms with van der Waals surface area (Å²) in [5, 5.41) is 0. The molecule has 1 aromatic rings. The second-order valence-corrected chi connectivity index (χ2v) is 5.28. The molecule has 2 nitrogen and oxygen atoms in total. The van der Waals surface area contributed by atoms with Crippen molar-refractivity contribution >= 4 is 0 Å². The highest BCUT2D eigenvalue weighted by atomic mass is 15.2. The normalized spacial score (nSPS) is 13.9. The second kappa shape index (κ2) is 4.77. The molecular formula is C13H22N2. The molecule has 3 N–H and O–H groups in total. The van der Waals surface area contributed by atoms with E-state index in [9.17, 15) is 0 Å². The lowest BCUT2D eigenvalue weighted by Gasteiger charge is -2.30. The van der Waals surface area contributed by atoms with Crippen molar-refractivity contribution in [3.63, 3.8) is 0 Å². The number of aryl methyl sites for hydroxylation is 1. The summed E-state index contributed by atoms with van der Waals surface area (Å²) in [5.41, 5.74) is 5.73. The maximum Gasteiger partial charge on any atom is 0.0299 e. The van der Waals surface area contributed by atoms with E-state index >= 15 is 0 Å². The van der Waals surface area contributed by atoms with E-state index in [1.165, 1.54) is 11.1 Å². The van der Waals surface area contributed by atoms with Crippen molar-refractivity contribution in [1.29, 1.82) is 0 Å². The summed E-state index contributed by atoms with van der Waals surface area (Å²) < 4.78 is 0. The fraction of sp³-hybridized carbons (Fsp3) is 0.538. The average Bonchev–Trinajstić information content (AvgIpc) is 2.12. The summed E-state index contributed by atoms with van der Waals surface area (Å²) >= 11 is 0. The van der Waals surface area contributed by atoms with Gasteiger partial charge in [0.1, 0.15) is 0 Å². The van der Waals surface area contributed by atoms with Crippen molar-refractivity contribution in [2.24, 2.45) is 11.3 Å². The first-order valence-electron chi connectivity index (χ1n) is 5.45. The Labute approximate surface area is 92.8 Å². The molecule has 0 heterocycles. The zero-order valence-electron chi connectivity index (χ0n) is 10.2. The summed E-state index contributed by atoms with van der Waals surface area (Å²) in [6.07, 6.45) is 0.974. The van der Waals surface area contributed by atoms with E-state index in [0.717, 1.165) is 6.42 Å². The Morgan fingerprint density at radius 2 is 2.00 bits per heavy atom. The molecule has 0 aliphatic rings. The number of nitrogens with one attached hydrogen (secondary N) is 1. The van der Waals surface area contributed by atoms with Gasteiger partial charge in [-0.1, -0.05) is 50.6 Å². The quantitative estimate of drug-likeness (QED) is 0.589. The van der Waals surface area contributed by atoms with Crippen molar-refractivity contribution in [3.8, 4) is 0 Å². The summed E-state index contributed by atoms with van der Waals surface area (Å²) in [5.74, 6) is 5.59. The molecule has 0 amide bonds. The van der Waals surface area contributed by atoms with E-state index in [1.807, 2.05) is 0 Å². The molecule has 0 fully saturated rings. The molecule has 0 saturated carbocycles. The van der Waals surface area contributed by atoms with Crippen LogP contribution >= 0.6 is 0 Å². The maximum atomic E-state index is 5.59. The topological polar surface area (TPSA) is 38.0 Å². The zero-order chi connectivity index (χ0) is 11.5. The first-order valence-corrected chi connectivity index (χ1v) is 5.45. The standard InChI is InChI=1S/C13H22N2/c1-10-6-5-7-11(8-10)9-12(15-14)13(2,3)4/h5-8,12,15H,9,14H2,1-4H3. The number of rotatable bonds is 3. The van der Waals surface area contributed by atoms with Crippen molar-refractivity contribution in [2.45, 2.75) is 40.2 Å². The van der Waals surface area contributed by atoms with E-state index in [2.05, 4.69) is 57.4 Å². The third-order valence-electron chi connectivity index (χ3n) is 2.77. The van der Waals surface area contributed by atoms with Crippen LogP contribution in [0.25, 0.3) is 0 Å². The van der Waals surface area contributed by atoms with Crippen LogP contribution in [-0.4, -0.2) is 6.04 Å². The monoisotopic (exact) mass is 206 g/mol. The van der Waals surface area contributed by atoms with Crippen LogP contribution in [-0.2, 0) is 6.42 Å². The van der Waals surface area contributed by atoms with Crippen molar-refractivity contribution in [1.82, 2.24) is 5.43 Å². The van der Waals surface area contributed by atoms with Gasteiger partial charge >= 0.3 is 0 Å². The molecule has 1 atom stereocenters. The van der Waals surface area contributed by atoms with E-state index in [1.54, 1.807) is 0 Å². The highest BCUT2D eigenvalue weighted by Crippen LogP contribution is 2.22. The van der Waals surface area contributed by atoms with Gasteiger partial charge < -0.3 is 0 Å². The molecule has 1 unspecified atom stereocenters. The Kier molecular flexibility index (Phi) is 3.89. The van der Waals surface area contributed by atoms with Gasteiger partial charge in [-0.25, -0.2) is 0 Å². The number of nitrogens with two attached hydrogens (primary N) is 1. The Hall–Kier alpha value is -0.860. The highest BCUT2D eigenvalue weighted by Gasteiger charge is 2.23. The van der Waals surface area contributed by atoms with Gasteiger partial charge in [-0.2, -0.15) is 0 Å². The molecule has 0 aliphatic heterocycles. The van der Waals surface area contributed by atoms with Crippen LogP contribution in [0.1, 0.15) is 31.9 Å². The van der Waals surface area contributed by atoms with Crippen LogP contribution in [0.15, 0.2) is 24.3 Å². The van der Waals surface area contributed by atoms with E-state index in [0.29, 0.717) is 6.04 Å². The molecule has 0 saturated heterocycles. The van der Waals surface area contributed by atoms with Gasteiger partial charge in [0.2, 0.25) is 0 Å². The molecule has 84 valence electrons. The predicted molar refractivity (Wildman–Crippen MR) is 65.4 cm³/mol. The number of benzene rings is 1. The fourth-order valence-corrected chi connectivity index (χ4v) is 1.69. The van der Waals surface area contributed by atoms with Gasteiger partial charge in [0, 0.05) is 6.04 Å². The van der Waals surface area contributed by atoms with E-state index in [4.69, 9.17) is 5.84 Å². The largest absolute Gasteiger partial charge is 0.271 e. The first-order chi connectivity index (χ1) is 6.93. The predicted octanol–water partition coefficient (Wildman–Crippen LogP) is 2.42. The Morgan fingerprint density at radius 3 is 2.47 bits per heavy atom. The van der Waals surface area contributed by atoms with Crippen LogP contribution < -0.4 is 11.3 Å². The number of hydrogen-bond donors (Lipinski definition) is 2. The minimum Gasteiger partial charge on any atom is -0.271 e. The molecule has 0 aliphatic carbocycles. The van der Waals surface area contributed by atoms with Crippen LogP contribution in [0.2, 0.25) is 0 Å². The van der Waals surface area contributed by atoms with E-state index < -0.39 is 0 Å². The Bertz CT molecular complexity index is 313. The van der Waals surface area contributed by atoms with Gasteiger partial charge in [0.05, 0.1) is 0 Å². The van der Waals surface area contributed by atoms with Gasteiger partial charge in [0.15, 0.2) is 0 Å². The number of hydrogen-bond acceptors (Lipinski definition) is 2. The van der Waals surface area contributed by atoms with Gasteiger partial charge in [-0.15, -0.1) is 0 Å². The summed E-state index contributed by atoms with van der Waals surface area (Å²) in [4.78, 5) is 0. The summed E-state index contributed by atoms with van der Waals surface area (Å²) in [6, 6.07) is 8.89. The summed E-state index contributed by atoms with van der Waals surface area (Å²) in [7, 11) is 0. The molecule has 2 heteroatoms. The minimum absolute atomic E-state index is 0.179. The van der Waals surface area contributed by atoms with Gasteiger partial charge in [-0.05, 0) is 24.3 Å². The highest BCUT2D eigenvalue weighted by molar-refractivity contribution is 5.23. The number of hydrazine groups is 1. The van der Waals surface area contributed by atoms with Crippen LogP contribution in [0, 0.1) is 12.3 Å². The first kappa shape index (κ1) is 12.2. The van der Waals surface area contributed by atoms with E-state index in [-0.39, 0.29) is 5.41 Å². The second-order valence-electron chi connectivity index (χ2n) is 5.28. The van der Waals surface area contributed by atoms with Crippen molar-refractivity contribution in [3.05, 3.63) is 35.4 Å². The van der Waals surface area contributed by atoms with Crippen LogP contribution in [0.3, 0.4) is 0 Å². The molecule has 1 aromatic carbocycles. The lowest BCUT2D eigenvalue weighted by Crippen LogP contribution is -2.45. The minimum atomic E-state index is 0.179. The molecule has 1 rings (SSSR count). The molecule has 0 spiro atoms. The smallest absolute Gasteiger partial charge is 0.0299 e. The Morgan fingerprint density at radius 1 is 1.33 bits per heavy atom. The average molecular weight is 206 g/mol. The maximum absolute atomic E-state index is 5.59. The lowest BCUT2D eigenvalue weighted by atomic mass is 9.83. The molecule has 15 heavy (non-hydrogen) atoms. The summed E-state index contributed by atoms with van der Waals surface area (Å²) in [6.45, 7) is 8.72. The van der Waals surface area contributed by atoms with Crippen LogP contribution in [0.4, 0.5) is 0 Å². The fourth-order valence-electron chi connectivity index (χ4n) is 1.69. The molecule has 0 bridgehead atoms.